The highest BCUT2D eigenvalue weighted by molar-refractivity contribution is 5.86. The number of halogens is 3. The smallest absolute Gasteiger partial charge is 0.119 e. The largest absolute Gasteiger partial charge is 0.494 e. The standard InChI is InChI=1S/C24H33N3O.3ClH/c1-3-8-22(9-4-1)25-13-18-27-17-12-21-20-23(10-11-24(21)27)28-19-7-16-26-14-5-2-6-15-26;;;/h1,3-4,8-11,20,25H,2,5-7,12-19H2;3*1H. The predicted octanol–water partition coefficient (Wildman–Crippen LogP) is 5.68. The number of piperidine rings is 1. The van der Waals surface area contributed by atoms with Crippen LogP contribution in [0.25, 0.3) is 0 Å². The molecule has 4 nitrogen and oxygen atoms in total. The summed E-state index contributed by atoms with van der Waals surface area (Å²) in [4.78, 5) is 5.06. The molecular weight excluding hydrogens is 453 g/mol. The second kappa shape index (κ2) is 14.7. The molecular formula is C24H36Cl3N3O. The molecule has 174 valence electrons. The summed E-state index contributed by atoms with van der Waals surface area (Å²) in [6, 6.07) is 17.1. The fourth-order valence-electron chi connectivity index (χ4n) is 4.32. The van der Waals surface area contributed by atoms with Gasteiger partial charge < -0.3 is 19.9 Å². The van der Waals surface area contributed by atoms with Crippen LogP contribution in [0.2, 0.25) is 0 Å². The van der Waals surface area contributed by atoms with Gasteiger partial charge in [-0.25, -0.2) is 0 Å². The molecule has 2 aliphatic heterocycles. The first-order valence-corrected chi connectivity index (χ1v) is 10.9. The molecule has 0 aromatic heterocycles. The van der Waals surface area contributed by atoms with E-state index in [1.165, 1.54) is 55.8 Å². The van der Waals surface area contributed by atoms with Gasteiger partial charge in [-0.2, -0.15) is 0 Å². The summed E-state index contributed by atoms with van der Waals surface area (Å²) in [5.74, 6) is 1.03. The molecule has 1 N–H and O–H groups in total. The van der Waals surface area contributed by atoms with E-state index in [4.69, 9.17) is 4.74 Å². The molecule has 0 saturated carbocycles. The molecule has 4 rings (SSSR count). The van der Waals surface area contributed by atoms with Crippen LogP contribution in [-0.2, 0) is 6.42 Å². The van der Waals surface area contributed by atoms with E-state index in [1.807, 2.05) is 0 Å². The Morgan fingerprint density at radius 3 is 2.39 bits per heavy atom. The fourth-order valence-corrected chi connectivity index (χ4v) is 4.32. The fraction of sp³-hybridized carbons (Fsp3) is 0.500. The minimum Gasteiger partial charge on any atom is -0.494 e. The van der Waals surface area contributed by atoms with Crippen molar-refractivity contribution in [3.05, 3.63) is 54.1 Å². The Morgan fingerprint density at radius 1 is 0.839 bits per heavy atom. The monoisotopic (exact) mass is 487 g/mol. The van der Waals surface area contributed by atoms with Crippen LogP contribution in [0.3, 0.4) is 0 Å². The number of fused-ring (bicyclic) bond motifs is 1. The van der Waals surface area contributed by atoms with E-state index in [0.29, 0.717) is 0 Å². The first kappa shape index (κ1) is 27.7. The third kappa shape index (κ3) is 8.27. The first-order valence-electron chi connectivity index (χ1n) is 10.9. The highest BCUT2D eigenvalue weighted by Gasteiger charge is 2.19. The zero-order valence-electron chi connectivity index (χ0n) is 18.1. The second-order valence-electron chi connectivity index (χ2n) is 7.92. The summed E-state index contributed by atoms with van der Waals surface area (Å²) in [6.07, 6.45) is 6.37. The van der Waals surface area contributed by atoms with E-state index in [-0.39, 0.29) is 37.2 Å². The van der Waals surface area contributed by atoms with E-state index in [9.17, 15) is 0 Å². The van der Waals surface area contributed by atoms with E-state index in [1.54, 1.807) is 0 Å². The molecule has 7 heteroatoms. The molecule has 2 aromatic carbocycles. The van der Waals surface area contributed by atoms with Crippen LogP contribution in [0, 0.1) is 0 Å². The highest BCUT2D eigenvalue weighted by atomic mass is 35.5. The number of rotatable bonds is 9. The minimum absolute atomic E-state index is 0. The first-order chi connectivity index (χ1) is 13.9. The van der Waals surface area contributed by atoms with Gasteiger partial charge in [0.05, 0.1) is 6.61 Å². The van der Waals surface area contributed by atoms with Crippen LogP contribution in [-0.4, -0.2) is 50.8 Å². The van der Waals surface area contributed by atoms with E-state index in [2.05, 4.69) is 63.6 Å². The summed E-state index contributed by atoms with van der Waals surface area (Å²) >= 11 is 0. The number of para-hydroxylation sites is 1. The van der Waals surface area contributed by atoms with E-state index >= 15 is 0 Å². The number of ether oxygens (including phenoxy) is 1. The predicted molar refractivity (Wildman–Crippen MR) is 139 cm³/mol. The normalized spacial score (nSPS) is 15.2. The average Bonchev–Trinajstić information content (AvgIpc) is 3.15. The molecule has 0 atom stereocenters. The maximum atomic E-state index is 6.04. The van der Waals surface area contributed by atoms with Gasteiger partial charge in [-0.15, -0.1) is 37.2 Å². The molecule has 1 fully saturated rings. The summed E-state index contributed by atoms with van der Waals surface area (Å²) < 4.78 is 6.04. The van der Waals surface area contributed by atoms with Gasteiger partial charge in [0.15, 0.2) is 0 Å². The van der Waals surface area contributed by atoms with Crippen LogP contribution in [0.5, 0.6) is 5.75 Å². The SMILES string of the molecule is Cl.Cl.Cl.c1ccc(NCCN2CCc3cc(OCCCN4CCCCC4)ccc32)cc1. The number of nitrogens with one attached hydrogen (secondary N) is 1. The molecule has 0 unspecified atom stereocenters. The molecule has 31 heavy (non-hydrogen) atoms. The molecule has 0 amide bonds. The number of hydrogen-bond acceptors (Lipinski definition) is 4. The quantitative estimate of drug-likeness (QED) is 0.459. The van der Waals surface area contributed by atoms with Crippen molar-refractivity contribution in [2.75, 3.05) is 56.1 Å². The number of benzene rings is 2. The third-order valence-electron chi connectivity index (χ3n) is 5.86. The summed E-state index contributed by atoms with van der Waals surface area (Å²) in [6.45, 7) is 7.62. The van der Waals surface area contributed by atoms with Gasteiger partial charge >= 0.3 is 0 Å². The van der Waals surface area contributed by atoms with Crippen LogP contribution < -0.4 is 15.0 Å². The molecule has 0 bridgehead atoms. The van der Waals surface area contributed by atoms with Crippen molar-refractivity contribution in [3.63, 3.8) is 0 Å². The number of likely N-dealkylation sites (tertiary alicyclic amines) is 1. The van der Waals surface area contributed by atoms with E-state index in [0.717, 1.165) is 44.8 Å². The van der Waals surface area contributed by atoms with Gasteiger partial charge in [0, 0.05) is 37.6 Å². The van der Waals surface area contributed by atoms with Crippen molar-refractivity contribution in [1.29, 1.82) is 0 Å². The van der Waals surface area contributed by atoms with Crippen molar-refractivity contribution in [2.24, 2.45) is 0 Å². The lowest BCUT2D eigenvalue weighted by molar-refractivity contribution is 0.205. The Labute approximate surface area is 205 Å². The number of anilines is 2. The van der Waals surface area contributed by atoms with Crippen molar-refractivity contribution in [3.8, 4) is 5.75 Å². The van der Waals surface area contributed by atoms with Crippen molar-refractivity contribution in [1.82, 2.24) is 4.90 Å². The molecule has 2 heterocycles. The van der Waals surface area contributed by atoms with Crippen LogP contribution >= 0.6 is 37.2 Å². The highest BCUT2D eigenvalue weighted by Crippen LogP contribution is 2.31. The van der Waals surface area contributed by atoms with Gasteiger partial charge in [0.1, 0.15) is 5.75 Å². The van der Waals surface area contributed by atoms with E-state index < -0.39 is 0 Å². The number of nitrogens with zero attached hydrogens (tertiary/aromatic N) is 2. The van der Waals surface area contributed by atoms with Gasteiger partial charge in [0.25, 0.3) is 0 Å². The Hall–Kier alpha value is -1.33. The average molecular weight is 489 g/mol. The van der Waals surface area contributed by atoms with Crippen LogP contribution in [0.15, 0.2) is 48.5 Å². The summed E-state index contributed by atoms with van der Waals surface area (Å²) in [5.41, 5.74) is 3.99. The van der Waals surface area contributed by atoms with Gasteiger partial charge in [0.2, 0.25) is 0 Å². The topological polar surface area (TPSA) is 27.7 Å². The molecule has 0 spiro atoms. The minimum atomic E-state index is 0. The zero-order valence-corrected chi connectivity index (χ0v) is 20.6. The van der Waals surface area contributed by atoms with Gasteiger partial charge in [-0.3, -0.25) is 0 Å². The molecule has 0 radical (unpaired) electrons. The van der Waals surface area contributed by atoms with Gasteiger partial charge in [-0.1, -0.05) is 24.6 Å². The van der Waals surface area contributed by atoms with Crippen molar-refractivity contribution < 1.29 is 4.74 Å². The summed E-state index contributed by atoms with van der Waals surface area (Å²) in [7, 11) is 0. The summed E-state index contributed by atoms with van der Waals surface area (Å²) in [5, 5.41) is 3.50. The van der Waals surface area contributed by atoms with Crippen molar-refractivity contribution in [2.45, 2.75) is 32.1 Å². The second-order valence-corrected chi connectivity index (χ2v) is 7.92. The third-order valence-corrected chi connectivity index (χ3v) is 5.86. The Morgan fingerprint density at radius 2 is 1.61 bits per heavy atom. The zero-order chi connectivity index (χ0) is 19.0. The molecule has 2 aliphatic rings. The molecule has 1 saturated heterocycles. The Kier molecular flexibility index (Phi) is 13.1. The maximum absolute atomic E-state index is 6.04. The maximum Gasteiger partial charge on any atom is 0.119 e. The number of hydrogen-bond donors (Lipinski definition) is 1. The lowest BCUT2D eigenvalue weighted by atomic mass is 10.1. The van der Waals surface area contributed by atoms with Crippen LogP contribution in [0.1, 0.15) is 31.2 Å². The Bertz CT molecular complexity index is 742. The lowest BCUT2D eigenvalue weighted by Crippen LogP contribution is -2.31. The van der Waals surface area contributed by atoms with Crippen molar-refractivity contribution >= 4 is 48.6 Å². The molecule has 2 aromatic rings. The van der Waals surface area contributed by atoms with Gasteiger partial charge in [-0.05, 0) is 74.7 Å². The Balaban J connectivity index is 0.00000160. The molecule has 0 aliphatic carbocycles. The lowest BCUT2D eigenvalue weighted by Gasteiger charge is -2.26. The van der Waals surface area contributed by atoms with Crippen LogP contribution in [0.4, 0.5) is 11.4 Å².